The number of amides is 1. The number of carbonyl (C=O) groups is 3. The van der Waals surface area contributed by atoms with Crippen molar-refractivity contribution < 1.29 is 58.1 Å². The van der Waals surface area contributed by atoms with Gasteiger partial charge < -0.3 is 43.7 Å². The summed E-state index contributed by atoms with van der Waals surface area (Å²) in [5.74, 6) is -6.34. The normalized spacial score (nSPS) is 40.9. The van der Waals surface area contributed by atoms with Crippen LogP contribution in [0.1, 0.15) is 133 Å². The maximum Gasteiger partial charge on any atom is 0.412 e. The molecular weight excluding hydrogens is 795 g/mol. The number of carbonyl (C=O) groups excluding carboxylic acids is 2. The van der Waals surface area contributed by atoms with Gasteiger partial charge in [-0.05, 0) is 108 Å². The lowest BCUT2D eigenvalue weighted by molar-refractivity contribution is -0.408. The summed E-state index contributed by atoms with van der Waals surface area (Å²) in [7, 11) is 0. The lowest BCUT2D eigenvalue weighted by atomic mass is 9.72. The molecule has 0 radical (unpaired) electrons. The fraction of sp³-hybridized carbons (Fsp3) is 0.776. The highest BCUT2D eigenvalue weighted by molar-refractivity contribution is 5.85. The van der Waals surface area contributed by atoms with Gasteiger partial charge in [0.25, 0.3) is 0 Å². The van der Waals surface area contributed by atoms with Crippen molar-refractivity contribution in [3.63, 3.8) is 0 Å². The third-order valence-corrected chi connectivity index (χ3v) is 15.7. The maximum absolute atomic E-state index is 14.7. The molecule has 6 rings (SSSR count). The molecule has 13 heteroatoms. The number of aliphatic hydroxyl groups is 2. The number of para-hydroxylation sites is 1. The molecular formula is C49H75NO12. The molecule has 4 fully saturated rings. The van der Waals surface area contributed by atoms with Gasteiger partial charge in [0.1, 0.15) is 5.78 Å². The molecule has 13 nitrogen and oxygen atoms in total. The maximum atomic E-state index is 14.7. The van der Waals surface area contributed by atoms with Crippen LogP contribution in [0.5, 0.6) is 0 Å². The number of hydrogen-bond donors (Lipinski definition) is 4. The van der Waals surface area contributed by atoms with E-state index in [0.717, 1.165) is 6.42 Å². The average Bonchev–Trinajstić information content (AvgIpc) is 3.59. The number of benzene rings is 1. The Balaban J connectivity index is 1.24. The van der Waals surface area contributed by atoms with E-state index in [0.29, 0.717) is 63.5 Å². The van der Waals surface area contributed by atoms with E-state index in [2.05, 4.69) is 26.1 Å². The van der Waals surface area contributed by atoms with E-state index in [1.165, 1.54) is 0 Å². The fourth-order valence-corrected chi connectivity index (χ4v) is 11.4. The summed E-state index contributed by atoms with van der Waals surface area (Å²) in [5, 5.41) is 35.8. The van der Waals surface area contributed by atoms with Crippen molar-refractivity contribution in [3.8, 4) is 0 Å². The van der Waals surface area contributed by atoms with Crippen molar-refractivity contribution in [2.24, 2.45) is 41.4 Å². The Morgan fingerprint density at radius 1 is 0.887 bits per heavy atom. The molecule has 2 spiro atoms. The molecule has 4 N–H and O–H groups in total. The van der Waals surface area contributed by atoms with Gasteiger partial charge in [0.15, 0.2) is 11.9 Å². The first-order valence-corrected chi connectivity index (χ1v) is 23.5. The molecule has 62 heavy (non-hydrogen) atoms. The van der Waals surface area contributed by atoms with E-state index in [4.69, 9.17) is 28.4 Å². The lowest BCUT2D eigenvalue weighted by Gasteiger charge is -2.54. The first-order valence-electron chi connectivity index (χ1n) is 23.5. The summed E-state index contributed by atoms with van der Waals surface area (Å²) in [4.78, 5) is 40.2. The quantitative estimate of drug-likeness (QED) is 0.131. The minimum absolute atomic E-state index is 0.0430. The molecule has 0 aromatic heterocycles. The Bertz CT molecular complexity index is 1740. The zero-order chi connectivity index (χ0) is 45.4. The van der Waals surface area contributed by atoms with Crippen LogP contribution in [0.4, 0.5) is 10.5 Å². The minimum atomic E-state index is -1.47. The summed E-state index contributed by atoms with van der Waals surface area (Å²) < 4.78 is 40.5. The van der Waals surface area contributed by atoms with Crippen LogP contribution in [0.25, 0.3) is 0 Å². The van der Waals surface area contributed by atoms with E-state index in [1.54, 1.807) is 25.1 Å². The van der Waals surface area contributed by atoms with Crippen LogP contribution in [0, 0.1) is 41.4 Å². The highest BCUT2D eigenvalue weighted by atomic mass is 16.8. The summed E-state index contributed by atoms with van der Waals surface area (Å²) in [6, 6.07) is 9.05. The second-order valence-electron chi connectivity index (χ2n) is 19.8. The van der Waals surface area contributed by atoms with Gasteiger partial charge in [0.05, 0.1) is 53.7 Å². The Labute approximate surface area is 369 Å². The molecule has 1 aromatic carbocycles. The van der Waals surface area contributed by atoms with Gasteiger partial charge in [-0.15, -0.1) is 0 Å². The number of nitrogens with one attached hydrogen (secondary N) is 1. The zero-order valence-electron chi connectivity index (χ0n) is 38.7. The summed E-state index contributed by atoms with van der Waals surface area (Å²) in [6.45, 7) is 19.5. The molecule has 18 atom stereocenters. The predicted molar refractivity (Wildman–Crippen MR) is 233 cm³/mol. The molecule has 0 saturated carbocycles. The van der Waals surface area contributed by atoms with Gasteiger partial charge in [0.2, 0.25) is 5.79 Å². The third kappa shape index (κ3) is 9.56. The van der Waals surface area contributed by atoms with E-state index in [1.807, 2.05) is 65.8 Å². The SMILES string of the molecule is CC[C@@H](C(=O)[C@@H](C)[C@@H](O)[C@H](C)[C@@H]1O[C@@H]([C@@H](CC)C(=O)O)CC[C@@H]1C)[C@H]1O[C@]2(C=C[C@H](OC(=O)Nc3ccccc3)[C@]3(CC[C@@](C)([C@H]4CC[C@](O)(CC)[C@H](C)O4)O3)O2)[C@H](C)C[C@@H]1C. The van der Waals surface area contributed by atoms with Crippen molar-refractivity contribution in [3.05, 3.63) is 42.5 Å². The van der Waals surface area contributed by atoms with E-state index >= 15 is 0 Å². The average molecular weight is 870 g/mol. The smallest absolute Gasteiger partial charge is 0.412 e. The Hall–Kier alpha value is -2.91. The van der Waals surface area contributed by atoms with Crippen LogP contribution in [0.2, 0.25) is 0 Å². The molecule has 1 aromatic rings. The van der Waals surface area contributed by atoms with Gasteiger partial charge in [0, 0.05) is 35.8 Å². The van der Waals surface area contributed by atoms with Gasteiger partial charge in [-0.2, -0.15) is 0 Å². The molecule has 348 valence electrons. The van der Waals surface area contributed by atoms with Crippen LogP contribution in [-0.4, -0.2) is 98.7 Å². The van der Waals surface area contributed by atoms with E-state index < -0.39 is 95.1 Å². The van der Waals surface area contributed by atoms with Gasteiger partial charge in [-0.3, -0.25) is 14.9 Å². The number of Topliss-reactive ketones (excluding diaryl/α,β-unsaturated/α-hetero) is 1. The molecule has 1 amide bonds. The molecule has 0 unspecified atom stereocenters. The molecule has 5 aliphatic rings. The van der Waals surface area contributed by atoms with Crippen molar-refractivity contribution in [2.75, 3.05) is 5.32 Å². The Morgan fingerprint density at radius 3 is 2.21 bits per heavy atom. The second kappa shape index (κ2) is 19.3. The first-order chi connectivity index (χ1) is 29.3. The van der Waals surface area contributed by atoms with Crippen LogP contribution < -0.4 is 5.32 Å². The Morgan fingerprint density at radius 2 is 1.58 bits per heavy atom. The highest BCUT2D eigenvalue weighted by Crippen LogP contribution is 2.54. The largest absolute Gasteiger partial charge is 0.481 e. The standard InChI is InChI=1S/C49H75NO12/c1-11-35(44(53)54)37-20-19-28(4)42(58-37)32(8)40(51)31(7)41(52)36(12-2)43-29(5)27-30(6)48(60-43)24-22-39(59-45(55)50-34-17-15-14-16-18-34)49(62-48)26-25-46(10,61-49)38-21-23-47(56,13-3)33(9)57-38/h14-18,22,24,28-33,35-40,42-43,51,56H,11-13,19-21,23,25-27H2,1-10H3,(H,50,55)(H,53,54)/t28-,29-,30+,31-,32-,33-,35+,36-,37+,38+,39-,40+,42+,43-,46-,47+,48-,49-/m0/s1. The van der Waals surface area contributed by atoms with Crippen LogP contribution in [0.3, 0.4) is 0 Å². The van der Waals surface area contributed by atoms with E-state index in [9.17, 15) is 29.7 Å². The third-order valence-electron chi connectivity index (χ3n) is 15.7. The summed E-state index contributed by atoms with van der Waals surface area (Å²) in [5.41, 5.74) is -1.21. The van der Waals surface area contributed by atoms with Crippen LogP contribution >= 0.6 is 0 Å². The highest BCUT2D eigenvalue weighted by Gasteiger charge is 2.64. The summed E-state index contributed by atoms with van der Waals surface area (Å²) in [6.07, 6.45) is 4.32. The number of aliphatic carboxylic acids is 1. The number of carboxylic acids is 1. The molecule has 0 aliphatic carbocycles. The van der Waals surface area contributed by atoms with Gasteiger partial charge in [-0.1, -0.05) is 73.6 Å². The predicted octanol–water partition coefficient (Wildman–Crippen LogP) is 8.44. The number of anilines is 1. The van der Waals surface area contributed by atoms with Gasteiger partial charge in [-0.25, -0.2) is 4.79 Å². The van der Waals surface area contributed by atoms with Crippen molar-refractivity contribution in [2.45, 2.75) is 199 Å². The van der Waals surface area contributed by atoms with Crippen LogP contribution in [-0.2, 0) is 38.0 Å². The number of ketones is 1. The number of hydrogen-bond acceptors (Lipinski definition) is 11. The molecule has 4 saturated heterocycles. The summed E-state index contributed by atoms with van der Waals surface area (Å²) >= 11 is 0. The minimum Gasteiger partial charge on any atom is -0.481 e. The second-order valence-corrected chi connectivity index (χ2v) is 19.8. The molecule has 0 bridgehead atoms. The Kier molecular flexibility index (Phi) is 15.1. The monoisotopic (exact) mass is 870 g/mol. The van der Waals surface area contributed by atoms with Crippen molar-refractivity contribution >= 4 is 23.5 Å². The first kappa shape index (κ1) is 48.5. The van der Waals surface area contributed by atoms with Gasteiger partial charge >= 0.3 is 12.1 Å². The fourth-order valence-electron chi connectivity index (χ4n) is 11.4. The molecule has 5 heterocycles. The van der Waals surface area contributed by atoms with Crippen molar-refractivity contribution in [1.82, 2.24) is 0 Å². The zero-order valence-corrected chi connectivity index (χ0v) is 38.7. The molecule has 5 aliphatic heterocycles. The van der Waals surface area contributed by atoms with Crippen molar-refractivity contribution in [1.29, 1.82) is 0 Å². The lowest BCUT2D eigenvalue weighted by Crippen LogP contribution is -2.63. The topological polar surface area (TPSA) is 179 Å². The number of aliphatic hydroxyl groups excluding tert-OH is 1. The number of rotatable bonds is 14. The van der Waals surface area contributed by atoms with Crippen LogP contribution in [0.15, 0.2) is 42.5 Å². The number of ether oxygens (including phenoxy) is 6. The van der Waals surface area contributed by atoms with E-state index in [-0.39, 0.29) is 29.6 Å². The number of carboxylic acid groups (broad SMARTS) is 1.